The number of pyridine rings is 3. The van der Waals surface area contributed by atoms with Crippen LogP contribution >= 0.6 is 0 Å². The number of aromatic nitrogens is 12. The summed E-state index contributed by atoms with van der Waals surface area (Å²) in [5.74, 6) is 5.09. The van der Waals surface area contributed by atoms with Crippen molar-refractivity contribution in [3.8, 4) is 147 Å². The molecule has 0 unspecified atom stereocenters. The number of hydrogen-bond donors (Lipinski definition) is 0. The Morgan fingerprint density at radius 1 is 0.169 bits per heavy atom. The van der Waals surface area contributed by atoms with Gasteiger partial charge in [0.1, 0.15) is 44.7 Å². The van der Waals surface area contributed by atoms with E-state index in [-0.39, 0.29) is 0 Å². The fourth-order valence-electron chi connectivity index (χ4n) is 18.1. The topological polar surface area (TPSA) is 207 Å². The molecule has 0 saturated carbocycles. The predicted octanol–water partition coefficient (Wildman–Crippen LogP) is 30.5. The molecule has 0 bridgehead atoms. The molecule has 27 rings (SSSR count). The molecule has 0 fully saturated rings. The van der Waals surface area contributed by atoms with Gasteiger partial charge in [-0.2, -0.15) is 0 Å². The lowest BCUT2D eigenvalue weighted by Crippen LogP contribution is -2.01. The first kappa shape index (κ1) is 79.4. The molecule has 10 aromatic heterocycles. The van der Waals surface area contributed by atoms with Gasteiger partial charge in [0.2, 0.25) is 0 Å². The molecule has 0 spiro atoms. The zero-order valence-corrected chi connectivity index (χ0v) is 72.6. The highest BCUT2D eigenvalue weighted by atomic mass is 16.3. The molecule has 636 valence electrons. The monoisotopic (exact) mass is 1740 g/mol. The van der Waals surface area contributed by atoms with Crippen LogP contribution in [-0.2, 0) is 0 Å². The first-order valence-corrected chi connectivity index (χ1v) is 44.8. The van der Waals surface area contributed by atoms with E-state index < -0.39 is 0 Å². The van der Waals surface area contributed by atoms with E-state index in [4.69, 9.17) is 72.5 Å². The summed E-state index contributed by atoms with van der Waals surface area (Å²) in [6.45, 7) is 0. The van der Waals surface area contributed by atoms with Crippen molar-refractivity contribution in [3.05, 3.63) is 437 Å². The molecule has 0 N–H and O–H groups in total. The third-order valence-electron chi connectivity index (χ3n) is 24.9. The van der Waals surface area contributed by atoms with Crippen LogP contribution in [0.3, 0.4) is 0 Å². The van der Waals surface area contributed by atoms with Crippen LogP contribution in [0.15, 0.2) is 455 Å². The maximum absolute atomic E-state index is 6.33. The first-order valence-electron chi connectivity index (χ1n) is 44.8. The lowest BCUT2D eigenvalue weighted by Gasteiger charge is -2.10. The molecule has 0 aliphatic carbocycles. The summed E-state index contributed by atoms with van der Waals surface area (Å²) in [5.41, 5.74) is 24.8. The molecule has 16 nitrogen and oxygen atoms in total. The number of rotatable bonds is 13. The van der Waals surface area contributed by atoms with E-state index in [2.05, 4.69) is 211 Å². The van der Waals surface area contributed by atoms with Gasteiger partial charge in [0.15, 0.2) is 63.6 Å². The van der Waals surface area contributed by atoms with Gasteiger partial charge in [-0.25, -0.2) is 49.8 Å². The van der Waals surface area contributed by atoms with Crippen LogP contribution < -0.4 is 0 Å². The van der Waals surface area contributed by atoms with Crippen molar-refractivity contribution in [1.29, 1.82) is 0 Å². The highest BCUT2D eigenvalue weighted by Gasteiger charge is 2.25. The van der Waals surface area contributed by atoms with Crippen molar-refractivity contribution < 1.29 is 17.7 Å². The Kier molecular flexibility index (Phi) is 19.8. The van der Waals surface area contributed by atoms with Gasteiger partial charge in [0.25, 0.3) is 0 Å². The van der Waals surface area contributed by atoms with Gasteiger partial charge in [0.05, 0.1) is 22.5 Å². The second-order valence-electron chi connectivity index (χ2n) is 33.4. The van der Waals surface area contributed by atoms with Crippen molar-refractivity contribution in [1.82, 2.24) is 59.8 Å². The largest absolute Gasteiger partial charge is 0.456 e. The van der Waals surface area contributed by atoms with Crippen molar-refractivity contribution in [3.63, 3.8) is 0 Å². The minimum absolute atomic E-state index is 0.496. The van der Waals surface area contributed by atoms with E-state index in [0.717, 1.165) is 182 Å². The fourth-order valence-corrected chi connectivity index (χ4v) is 18.1. The Morgan fingerprint density at radius 3 is 1.02 bits per heavy atom. The molecule has 10 heterocycles. The summed E-state index contributed by atoms with van der Waals surface area (Å²) < 4.78 is 25.1. The highest BCUT2D eigenvalue weighted by molar-refractivity contribution is 6.17. The molecular weight excluding hydrogens is 1670 g/mol. The van der Waals surface area contributed by atoms with E-state index in [9.17, 15) is 0 Å². The maximum Gasteiger partial charge on any atom is 0.183 e. The van der Waals surface area contributed by atoms with Crippen LogP contribution in [0, 0.1) is 0 Å². The number of furan rings is 4. The average Bonchev–Trinajstić information content (AvgIpc) is 1.59. The zero-order chi connectivity index (χ0) is 89.9. The van der Waals surface area contributed by atoms with Crippen LogP contribution in [0.1, 0.15) is 0 Å². The smallest absolute Gasteiger partial charge is 0.183 e. The van der Waals surface area contributed by atoms with Gasteiger partial charge >= 0.3 is 0 Å². The first-order chi connectivity index (χ1) is 67.3. The van der Waals surface area contributed by atoms with Crippen molar-refractivity contribution in [2.45, 2.75) is 0 Å². The normalized spacial score (nSPS) is 11.5. The summed E-state index contributed by atoms with van der Waals surface area (Å²) in [4.78, 5) is 59.2. The Morgan fingerprint density at radius 2 is 0.507 bits per heavy atom. The van der Waals surface area contributed by atoms with E-state index in [0.29, 0.717) is 63.7 Å². The molecule has 27 aromatic rings. The number of hydrogen-bond acceptors (Lipinski definition) is 16. The van der Waals surface area contributed by atoms with Crippen LogP contribution in [0.25, 0.3) is 267 Å². The number of benzene rings is 17. The molecule has 136 heavy (non-hydrogen) atoms. The van der Waals surface area contributed by atoms with Gasteiger partial charge in [-0.05, 0) is 133 Å². The highest BCUT2D eigenvalue weighted by Crippen LogP contribution is 2.44. The van der Waals surface area contributed by atoms with Crippen LogP contribution in [0.2, 0.25) is 0 Å². The summed E-state index contributed by atoms with van der Waals surface area (Å²) in [5, 5.41) is 12.4. The third-order valence-corrected chi connectivity index (χ3v) is 24.9. The number of para-hydroxylation sites is 2. The molecule has 17 aromatic carbocycles. The second-order valence-corrected chi connectivity index (χ2v) is 33.4. The Hall–Kier alpha value is -18.8. The Bertz CT molecular complexity index is 8900. The molecule has 0 atom stereocenters. The van der Waals surface area contributed by atoms with E-state index in [1.165, 1.54) is 22.3 Å². The SMILES string of the molecule is c1ccc(-c2ccc(-c3ccc(-c4nc(-c5ccccc5)nc(-c5cncc6oc7cc8ccccc8cc7c56)n4)cc3)cc2)cc1.c1ccc(-c2ccc(-c3ccc(-c4nc(-c5ccccc5)nc(-c5nccc6oc7cc8ccccc8cc7c56)n4)cc3)cc2)cc1.c1ccc(-c2nc(-c3ccc4c(c3)oc3ccccc34)nc(-c3cccc4oc5cc6ccccc6nc5c34)n2)cc1. The van der Waals surface area contributed by atoms with Crippen LogP contribution in [0.5, 0.6) is 0 Å². The van der Waals surface area contributed by atoms with E-state index >= 15 is 0 Å². The Labute approximate surface area is 777 Å². The Balaban J connectivity index is 0.000000109. The number of fused-ring (bicyclic) bond motifs is 15. The predicted molar refractivity (Wildman–Crippen MR) is 545 cm³/mol. The van der Waals surface area contributed by atoms with Gasteiger partial charge in [-0.15, -0.1) is 0 Å². The zero-order valence-electron chi connectivity index (χ0n) is 72.6. The van der Waals surface area contributed by atoms with E-state index in [1.807, 2.05) is 219 Å². The minimum Gasteiger partial charge on any atom is -0.456 e. The fraction of sp³-hybridized carbons (Fsp3) is 0. The quantitative estimate of drug-likeness (QED) is 0.105. The third kappa shape index (κ3) is 15.0. The summed E-state index contributed by atoms with van der Waals surface area (Å²) in [7, 11) is 0. The summed E-state index contributed by atoms with van der Waals surface area (Å²) >= 11 is 0. The average molecular weight is 1750 g/mol. The van der Waals surface area contributed by atoms with Gasteiger partial charge in [-0.3, -0.25) is 9.97 Å². The standard InChI is InChI=1S/2C42H26N4O.C36H20N4O2/c1-3-9-27(10-4-1)28-15-17-29(18-16-28)30-19-21-32(22-20-30)41-44-40(31-11-5-2-6-12-31)45-42(46-41)36-25-43-26-38-39(36)35-23-33-13-7-8-14-34(33)24-37(35)47-38;1-3-9-27(10-4-1)28-15-17-29(18-16-28)30-19-21-32(22-20-30)41-44-40(31-11-5-2-6-12-31)45-42(46-41)39-38-35-25-33-13-7-8-14-34(33)26-37(35)47-36(38)23-24-43-39;1-2-9-21(10-3-1)34-38-35(23-17-18-25-24-12-5-7-15-28(24)41-30(25)20-23)40-36(39-34)26-13-8-16-29-32(26)33-31(42-29)19-22-11-4-6-14-27(22)37-33/h2*1-26H;1-20H. The second kappa shape index (κ2) is 33.9. The number of nitrogens with zero attached hydrogens (tertiary/aromatic N) is 12. The molecule has 0 aliphatic rings. The lowest BCUT2D eigenvalue weighted by atomic mass is 9.99. The van der Waals surface area contributed by atoms with Gasteiger partial charge in [-0.1, -0.05) is 352 Å². The minimum atomic E-state index is 0.496. The molecule has 0 radical (unpaired) electrons. The van der Waals surface area contributed by atoms with E-state index in [1.54, 1.807) is 12.4 Å². The maximum atomic E-state index is 6.33. The molecule has 0 amide bonds. The van der Waals surface area contributed by atoms with Crippen molar-refractivity contribution in [2.24, 2.45) is 0 Å². The van der Waals surface area contributed by atoms with Crippen molar-refractivity contribution >= 4 is 120 Å². The molecular formula is C120H72N12O4. The van der Waals surface area contributed by atoms with Gasteiger partial charge in [0, 0.05) is 89.2 Å². The van der Waals surface area contributed by atoms with Crippen molar-refractivity contribution in [2.75, 3.05) is 0 Å². The summed E-state index contributed by atoms with van der Waals surface area (Å²) in [6, 6.07) is 142. The lowest BCUT2D eigenvalue weighted by molar-refractivity contribution is 0.667. The summed E-state index contributed by atoms with van der Waals surface area (Å²) in [6.07, 6.45) is 5.33. The van der Waals surface area contributed by atoms with Crippen LogP contribution in [0.4, 0.5) is 0 Å². The molecule has 0 aliphatic heterocycles. The van der Waals surface area contributed by atoms with Gasteiger partial charge < -0.3 is 17.7 Å². The molecule has 16 heteroatoms. The molecule has 0 saturated heterocycles. The van der Waals surface area contributed by atoms with Crippen LogP contribution in [-0.4, -0.2) is 59.8 Å².